The van der Waals surface area contributed by atoms with Crippen molar-refractivity contribution in [2.45, 2.75) is 0 Å². The molecule has 56 heavy (non-hydrogen) atoms. The molecular formula is C50H30N4OS. The summed E-state index contributed by atoms with van der Waals surface area (Å²) in [6.45, 7) is 0. The lowest BCUT2D eigenvalue weighted by Gasteiger charge is -2.25. The van der Waals surface area contributed by atoms with Gasteiger partial charge in [0.2, 0.25) is 5.95 Å². The van der Waals surface area contributed by atoms with Gasteiger partial charge in [-0.15, -0.1) is 11.3 Å². The van der Waals surface area contributed by atoms with Gasteiger partial charge < -0.3 is 9.32 Å². The van der Waals surface area contributed by atoms with Gasteiger partial charge in [0.05, 0.1) is 21.4 Å². The largest absolute Gasteiger partial charge is 0.454 e. The lowest BCUT2D eigenvalue weighted by atomic mass is 9.98. The Kier molecular flexibility index (Phi) is 6.73. The van der Waals surface area contributed by atoms with Crippen LogP contribution in [-0.2, 0) is 0 Å². The van der Waals surface area contributed by atoms with Gasteiger partial charge in [-0.25, -0.2) is 9.97 Å². The maximum Gasteiger partial charge on any atom is 0.236 e. The van der Waals surface area contributed by atoms with Gasteiger partial charge in [0.25, 0.3) is 0 Å². The van der Waals surface area contributed by atoms with Crippen molar-refractivity contribution in [1.82, 2.24) is 14.5 Å². The molecule has 0 unspecified atom stereocenters. The Labute approximate surface area is 324 Å². The van der Waals surface area contributed by atoms with E-state index >= 15 is 0 Å². The topological polar surface area (TPSA) is 47.1 Å². The van der Waals surface area contributed by atoms with E-state index in [0.29, 0.717) is 5.95 Å². The van der Waals surface area contributed by atoms with Crippen LogP contribution in [0.3, 0.4) is 0 Å². The molecule has 0 saturated carbocycles. The molecule has 0 amide bonds. The van der Waals surface area contributed by atoms with Crippen LogP contribution in [0.2, 0.25) is 0 Å². The van der Waals surface area contributed by atoms with Crippen LogP contribution >= 0.6 is 11.3 Å². The van der Waals surface area contributed by atoms with Crippen molar-refractivity contribution in [2.75, 3.05) is 4.90 Å². The second-order valence-electron chi connectivity index (χ2n) is 14.1. The molecule has 262 valence electrons. The first-order chi connectivity index (χ1) is 27.8. The summed E-state index contributed by atoms with van der Waals surface area (Å²) in [6.07, 6.45) is 0. The summed E-state index contributed by atoms with van der Waals surface area (Å²) in [5.74, 6) is 0.597. The molecule has 0 bridgehead atoms. The third-order valence-corrected chi connectivity index (χ3v) is 12.1. The van der Waals surface area contributed by atoms with Gasteiger partial charge in [0, 0.05) is 54.3 Å². The molecule has 0 saturated heterocycles. The summed E-state index contributed by atoms with van der Waals surface area (Å²) < 4.78 is 11.5. The number of rotatable bonds is 5. The van der Waals surface area contributed by atoms with E-state index < -0.39 is 0 Å². The fourth-order valence-corrected chi connectivity index (χ4v) is 9.74. The summed E-state index contributed by atoms with van der Waals surface area (Å²) in [5.41, 5.74) is 9.67. The molecule has 0 aliphatic heterocycles. The number of hydrogen-bond donors (Lipinski definition) is 0. The van der Waals surface area contributed by atoms with E-state index in [0.717, 1.165) is 98.4 Å². The van der Waals surface area contributed by atoms with Crippen LogP contribution in [0.1, 0.15) is 0 Å². The summed E-state index contributed by atoms with van der Waals surface area (Å²) in [6, 6.07) is 64.0. The Hall–Kier alpha value is -7.28. The Balaban J connectivity index is 1.28. The fraction of sp³-hybridized carbons (Fsp3) is 0. The minimum absolute atomic E-state index is 0.597. The van der Waals surface area contributed by atoms with Crippen LogP contribution in [0.15, 0.2) is 186 Å². The maximum atomic E-state index is 6.95. The molecule has 0 radical (unpaired) electrons. The molecule has 4 heterocycles. The molecule has 0 fully saturated rings. The van der Waals surface area contributed by atoms with Crippen molar-refractivity contribution in [2.24, 2.45) is 0 Å². The second-order valence-corrected chi connectivity index (χ2v) is 15.2. The van der Waals surface area contributed by atoms with Crippen LogP contribution < -0.4 is 4.90 Å². The zero-order chi connectivity index (χ0) is 36.7. The van der Waals surface area contributed by atoms with Crippen molar-refractivity contribution in [3.8, 4) is 17.2 Å². The predicted octanol–water partition coefficient (Wildman–Crippen LogP) is 14.1. The number of benzene rings is 8. The smallest absolute Gasteiger partial charge is 0.236 e. The Morgan fingerprint density at radius 1 is 0.500 bits per heavy atom. The molecule has 8 aromatic carbocycles. The first-order valence-electron chi connectivity index (χ1n) is 18.8. The summed E-state index contributed by atoms with van der Waals surface area (Å²) in [5, 5.41) is 7.82. The number of furan rings is 1. The summed E-state index contributed by atoms with van der Waals surface area (Å²) in [7, 11) is 0. The highest BCUT2D eigenvalue weighted by Gasteiger charge is 2.26. The van der Waals surface area contributed by atoms with Crippen molar-refractivity contribution >= 4 is 103 Å². The molecule has 0 aliphatic rings. The highest BCUT2D eigenvalue weighted by atomic mass is 32.1. The standard InChI is InChI=1S/C50H30N4OS/c1-4-16-31(17-5-1)45-49-46(39-25-13-15-27-42(39)56-49)52-50(51-45)54-40-30-34(53(32-18-6-2-7-19-32)33-20-8-3-9-21-33)28-29-37(40)43-35-22-10-11-23-36(35)44-38-24-12-14-26-41(38)55-48(44)47(43)54/h1-30H. The number of nitrogens with zero attached hydrogens (tertiary/aromatic N) is 4. The lowest BCUT2D eigenvalue weighted by Crippen LogP contribution is -2.10. The number of aromatic nitrogens is 3. The first kappa shape index (κ1) is 31.1. The van der Waals surface area contributed by atoms with Crippen LogP contribution in [0.4, 0.5) is 17.1 Å². The highest BCUT2D eigenvalue weighted by Crippen LogP contribution is 2.48. The predicted molar refractivity (Wildman–Crippen MR) is 234 cm³/mol. The van der Waals surface area contributed by atoms with Gasteiger partial charge in [-0.3, -0.25) is 4.57 Å². The van der Waals surface area contributed by atoms with Crippen LogP contribution in [0, 0.1) is 0 Å². The van der Waals surface area contributed by atoms with Gasteiger partial charge in [0.1, 0.15) is 11.1 Å². The molecule has 0 N–H and O–H groups in total. The maximum absolute atomic E-state index is 6.95. The van der Waals surface area contributed by atoms with Crippen LogP contribution in [0.25, 0.3) is 92.0 Å². The zero-order valence-corrected chi connectivity index (χ0v) is 30.7. The summed E-state index contributed by atoms with van der Waals surface area (Å²) in [4.78, 5) is 13.4. The average Bonchev–Trinajstić information content (AvgIpc) is 3.95. The van der Waals surface area contributed by atoms with Crippen molar-refractivity contribution in [1.29, 1.82) is 0 Å². The van der Waals surface area contributed by atoms with E-state index in [4.69, 9.17) is 14.4 Å². The van der Waals surface area contributed by atoms with Gasteiger partial charge >= 0.3 is 0 Å². The molecule has 12 aromatic rings. The molecule has 4 aromatic heterocycles. The van der Waals surface area contributed by atoms with E-state index in [2.05, 4.69) is 185 Å². The normalized spacial score (nSPS) is 11.9. The van der Waals surface area contributed by atoms with Crippen molar-refractivity contribution < 1.29 is 4.42 Å². The van der Waals surface area contributed by atoms with Crippen LogP contribution in [0.5, 0.6) is 0 Å². The zero-order valence-electron chi connectivity index (χ0n) is 29.9. The Morgan fingerprint density at radius 3 is 1.84 bits per heavy atom. The van der Waals surface area contributed by atoms with Gasteiger partial charge in [-0.1, -0.05) is 133 Å². The van der Waals surface area contributed by atoms with E-state index in [1.165, 1.54) is 4.70 Å². The number of anilines is 3. The monoisotopic (exact) mass is 734 g/mol. The molecular weight excluding hydrogens is 705 g/mol. The minimum Gasteiger partial charge on any atom is -0.454 e. The molecule has 0 spiro atoms. The highest BCUT2D eigenvalue weighted by molar-refractivity contribution is 7.26. The number of hydrogen-bond acceptors (Lipinski definition) is 5. The third kappa shape index (κ3) is 4.54. The van der Waals surface area contributed by atoms with Gasteiger partial charge in [-0.05, 0) is 59.3 Å². The number of fused-ring (bicyclic) bond motifs is 13. The van der Waals surface area contributed by atoms with Gasteiger partial charge in [0.15, 0.2) is 5.58 Å². The quantitative estimate of drug-likeness (QED) is 0.177. The van der Waals surface area contributed by atoms with E-state index in [1.807, 2.05) is 6.07 Å². The number of thiophene rings is 1. The molecule has 6 heteroatoms. The SMILES string of the molecule is c1ccc(-c2nc(-n3c4cc(N(c5ccccc5)c5ccccc5)ccc4c4c5ccccc5c5c6ccccc6oc5c43)nc3c2sc2ccccc23)cc1. The fourth-order valence-electron chi connectivity index (χ4n) is 8.58. The average molecular weight is 735 g/mol. The Morgan fingerprint density at radius 2 is 1.11 bits per heavy atom. The van der Waals surface area contributed by atoms with Crippen molar-refractivity contribution in [3.05, 3.63) is 182 Å². The molecule has 12 rings (SSSR count). The first-order valence-corrected chi connectivity index (χ1v) is 19.6. The second kappa shape index (κ2) is 12.1. The molecule has 0 aliphatic carbocycles. The van der Waals surface area contributed by atoms with Crippen molar-refractivity contribution in [3.63, 3.8) is 0 Å². The van der Waals surface area contributed by atoms with E-state index in [1.54, 1.807) is 11.3 Å². The lowest BCUT2D eigenvalue weighted by molar-refractivity contribution is 0.671. The summed E-state index contributed by atoms with van der Waals surface area (Å²) >= 11 is 1.75. The van der Waals surface area contributed by atoms with Gasteiger partial charge in [-0.2, -0.15) is 0 Å². The molecule has 0 atom stereocenters. The third-order valence-electron chi connectivity index (χ3n) is 11.0. The van der Waals surface area contributed by atoms with E-state index in [9.17, 15) is 0 Å². The number of para-hydroxylation sites is 3. The van der Waals surface area contributed by atoms with E-state index in [-0.39, 0.29) is 0 Å². The van der Waals surface area contributed by atoms with Crippen LogP contribution in [-0.4, -0.2) is 14.5 Å². The minimum atomic E-state index is 0.597. The Bertz CT molecular complexity index is 3440. The molecule has 5 nitrogen and oxygen atoms in total.